The van der Waals surface area contributed by atoms with E-state index in [1.165, 1.54) is 44.3 Å². The molecule has 0 spiro atoms. The second kappa shape index (κ2) is 10.9. The Labute approximate surface area is 96.0 Å². The van der Waals surface area contributed by atoms with E-state index in [-0.39, 0.29) is 0 Å². The molecule has 0 nitrogen and oxygen atoms in total. The summed E-state index contributed by atoms with van der Waals surface area (Å²) in [5.74, 6) is 1.25. The van der Waals surface area contributed by atoms with E-state index in [9.17, 15) is 0 Å². The van der Waals surface area contributed by atoms with Gasteiger partial charge in [0, 0.05) is 5.75 Å². The fraction of sp³-hybridized carbons (Fsp3) is 0.900. The second-order valence-corrected chi connectivity index (χ2v) is 6.67. The lowest BCUT2D eigenvalue weighted by molar-refractivity contribution is 0.627. The van der Waals surface area contributed by atoms with Crippen molar-refractivity contribution in [1.82, 2.24) is 0 Å². The van der Waals surface area contributed by atoms with Crippen LogP contribution < -0.4 is 0 Å². The molecule has 0 saturated carbocycles. The topological polar surface area (TPSA) is 0 Å². The maximum absolute atomic E-state index is 4.97. The van der Waals surface area contributed by atoms with Crippen LogP contribution in [0.15, 0.2) is 0 Å². The highest BCUT2D eigenvalue weighted by Gasteiger charge is 1.92. The Morgan fingerprint density at radius 2 is 1.69 bits per heavy atom. The lowest BCUT2D eigenvalue weighted by atomic mass is 10.1. The summed E-state index contributed by atoms with van der Waals surface area (Å²) in [5, 5.41) is 0. The van der Waals surface area contributed by atoms with Crippen LogP contribution in [0.1, 0.15) is 52.4 Å². The van der Waals surface area contributed by atoms with E-state index in [1.54, 1.807) is 10.8 Å². The highest BCUT2D eigenvalue weighted by atomic mass is 33.1. The van der Waals surface area contributed by atoms with E-state index in [2.05, 4.69) is 6.92 Å². The van der Waals surface area contributed by atoms with Crippen molar-refractivity contribution in [3.05, 3.63) is 0 Å². The Morgan fingerprint density at radius 1 is 1.08 bits per heavy atom. The van der Waals surface area contributed by atoms with Crippen LogP contribution in [0.3, 0.4) is 0 Å². The molecule has 0 heterocycles. The van der Waals surface area contributed by atoms with Crippen molar-refractivity contribution >= 4 is 38.0 Å². The molecule has 0 aromatic heterocycles. The predicted molar refractivity (Wildman–Crippen MR) is 71.7 cm³/mol. The van der Waals surface area contributed by atoms with Crippen LogP contribution in [0.25, 0.3) is 0 Å². The summed E-state index contributed by atoms with van der Waals surface area (Å²) in [5.41, 5.74) is 0. The van der Waals surface area contributed by atoms with Gasteiger partial charge in [-0.3, -0.25) is 0 Å². The number of unbranched alkanes of at least 4 members (excludes halogenated alkanes) is 5. The van der Waals surface area contributed by atoms with Crippen LogP contribution in [0.2, 0.25) is 0 Å². The fourth-order valence-corrected chi connectivity index (χ4v) is 3.17. The van der Waals surface area contributed by atoms with Crippen LogP contribution in [0.4, 0.5) is 0 Å². The number of rotatable bonds is 8. The van der Waals surface area contributed by atoms with Gasteiger partial charge in [0.15, 0.2) is 0 Å². The largest absolute Gasteiger partial charge is 0.0884 e. The molecule has 78 valence electrons. The minimum absolute atomic E-state index is 1.05. The zero-order valence-electron chi connectivity index (χ0n) is 8.67. The summed E-state index contributed by atoms with van der Waals surface area (Å²) in [6.07, 6.45) is 8.32. The van der Waals surface area contributed by atoms with E-state index in [0.717, 1.165) is 4.20 Å². The Hall–Kier alpha value is 0.790. The molecule has 0 aliphatic carbocycles. The molecule has 0 atom stereocenters. The quantitative estimate of drug-likeness (QED) is 0.328. The second-order valence-electron chi connectivity index (χ2n) is 3.16. The van der Waals surface area contributed by atoms with Gasteiger partial charge in [0.2, 0.25) is 0 Å². The predicted octanol–water partition coefficient (Wildman–Crippen LogP) is 5.08. The molecular formula is C10H20S3. The molecule has 0 aliphatic rings. The molecule has 0 amide bonds. The lowest BCUT2D eigenvalue weighted by Gasteiger charge is -1.99. The summed E-state index contributed by atoms with van der Waals surface area (Å²) >= 11 is 4.97. The monoisotopic (exact) mass is 236 g/mol. The molecule has 0 fully saturated rings. The molecular weight excluding hydrogens is 216 g/mol. The lowest BCUT2D eigenvalue weighted by Crippen LogP contribution is -1.81. The van der Waals surface area contributed by atoms with Gasteiger partial charge in [-0.25, -0.2) is 0 Å². The van der Waals surface area contributed by atoms with Crippen LogP contribution in [-0.2, 0) is 0 Å². The number of hydrogen-bond donors (Lipinski definition) is 0. The first-order chi connectivity index (χ1) is 6.27. The highest BCUT2D eigenvalue weighted by Crippen LogP contribution is 2.24. The van der Waals surface area contributed by atoms with Gasteiger partial charge >= 0.3 is 0 Å². The maximum Gasteiger partial charge on any atom is 0.0556 e. The fourth-order valence-electron chi connectivity index (χ4n) is 1.07. The van der Waals surface area contributed by atoms with Crippen LogP contribution in [0.5, 0.6) is 0 Å². The van der Waals surface area contributed by atoms with E-state index in [1.807, 2.05) is 17.7 Å². The third-order valence-corrected chi connectivity index (χ3v) is 4.74. The van der Waals surface area contributed by atoms with E-state index < -0.39 is 0 Å². The first-order valence-electron chi connectivity index (χ1n) is 5.07. The van der Waals surface area contributed by atoms with E-state index >= 15 is 0 Å². The van der Waals surface area contributed by atoms with Gasteiger partial charge in [-0.2, -0.15) is 0 Å². The van der Waals surface area contributed by atoms with Crippen molar-refractivity contribution in [2.75, 3.05) is 5.75 Å². The van der Waals surface area contributed by atoms with Gasteiger partial charge in [-0.15, -0.1) is 0 Å². The summed E-state index contributed by atoms with van der Waals surface area (Å²) in [7, 11) is 3.65. The van der Waals surface area contributed by atoms with Crippen LogP contribution in [-0.4, -0.2) is 9.95 Å². The van der Waals surface area contributed by atoms with Gasteiger partial charge in [0.25, 0.3) is 0 Å². The Balaban J connectivity index is 2.87. The normalized spacial score (nSPS) is 10.3. The van der Waals surface area contributed by atoms with Gasteiger partial charge in [-0.1, -0.05) is 72.8 Å². The smallest absolute Gasteiger partial charge is 0.0556 e. The molecule has 3 heteroatoms. The SMILES string of the molecule is CCCCCCCCSSC(C)=S. The Bertz CT molecular complexity index is 123. The van der Waals surface area contributed by atoms with Crippen molar-refractivity contribution in [3.8, 4) is 0 Å². The molecule has 0 aromatic carbocycles. The van der Waals surface area contributed by atoms with Crippen LogP contribution >= 0.6 is 33.8 Å². The first kappa shape index (κ1) is 13.8. The summed E-state index contributed by atoms with van der Waals surface area (Å²) in [6, 6.07) is 0. The average molecular weight is 236 g/mol. The maximum atomic E-state index is 4.97. The minimum Gasteiger partial charge on any atom is -0.0884 e. The molecule has 0 unspecified atom stereocenters. The molecule has 0 N–H and O–H groups in total. The van der Waals surface area contributed by atoms with Gasteiger partial charge in [0.1, 0.15) is 0 Å². The van der Waals surface area contributed by atoms with Crippen molar-refractivity contribution in [1.29, 1.82) is 0 Å². The van der Waals surface area contributed by atoms with Crippen molar-refractivity contribution in [2.45, 2.75) is 52.4 Å². The van der Waals surface area contributed by atoms with Crippen molar-refractivity contribution < 1.29 is 0 Å². The molecule has 0 radical (unpaired) electrons. The minimum atomic E-state index is 1.05. The Morgan fingerprint density at radius 3 is 2.31 bits per heavy atom. The molecule has 0 saturated heterocycles. The number of thiocarbonyl (C=S) groups is 1. The number of hydrogen-bond acceptors (Lipinski definition) is 3. The summed E-state index contributed by atoms with van der Waals surface area (Å²) in [6.45, 7) is 4.25. The van der Waals surface area contributed by atoms with Crippen molar-refractivity contribution in [3.63, 3.8) is 0 Å². The van der Waals surface area contributed by atoms with Crippen molar-refractivity contribution in [2.24, 2.45) is 0 Å². The van der Waals surface area contributed by atoms with Gasteiger partial charge < -0.3 is 0 Å². The summed E-state index contributed by atoms with van der Waals surface area (Å²) < 4.78 is 1.05. The molecule has 0 rings (SSSR count). The average Bonchev–Trinajstić information content (AvgIpc) is 2.09. The van der Waals surface area contributed by atoms with Crippen LogP contribution in [0, 0.1) is 0 Å². The van der Waals surface area contributed by atoms with Gasteiger partial charge in [-0.05, 0) is 13.3 Å². The molecule has 0 aliphatic heterocycles. The molecule has 0 aromatic rings. The zero-order valence-corrected chi connectivity index (χ0v) is 11.1. The van der Waals surface area contributed by atoms with E-state index in [0.29, 0.717) is 0 Å². The third-order valence-electron chi connectivity index (χ3n) is 1.76. The standard InChI is InChI=1S/C10H20S3/c1-3-4-5-6-7-8-9-12-13-10(2)11/h3-9H2,1-2H3. The molecule has 13 heavy (non-hydrogen) atoms. The summed E-state index contributed by atoms with van der Waals surface area (Å²) in [4.78, 5) is 0. The third kappa shape index (κ3) is 12.8. The first-order valence-corrected chi connectivity index (χ1v) is 7.80. The highest BCUT2D eigenvalue weighted by molar-refractivity contribution is 8.83. The molecule has 0 bridgehead atoms. The van der Waals surface area contributed by atoms with E-state index in [4.69, 9.17) is 12.2 Å². The van der Waals surface area contributed by atoms with Gasteiger partial charge in [0.05, 0.1) is 4.20 Å². The Kier molecular flexibility index (Phi) is 11.5. The zero-order chi connectivity index (χ0) is 9.94.